The summed E-state index contributed by atoms with van der Waals surface area (Å²) in [6.07, 6.45) is 0. The number of hydrogen-bond acceptors (Lipinski definition) is 3. The van der Waals surface area contributed by atoms with Crippen LogP contribution in [0, 0.1) is 0 Å². The molecule has 1 saturated heterocycles. The molecule has 16 heavy (non-hydrogen) atoms. The van der Waals surface area contributed by atoms with Crippen molar-refractivity contribution in [3.8, 4) is 0 Å². The summed E-state index contributed by atoms with van der Waals surface area (Å²) in [6, 6.07) is 4.40. The van der Waals surface area contributed by atoms with Gasteiger partial charge in [0, 0.05) is 43.0 Å². The van der Waals surface area contributed by atoms with Gasteiger partial charge in [0.2, 0.25) is 0 Å². The standard InChI is InChI=1S/C12H19BrN2S/c1-12(2,10-3-4-11(13)16-10)9-15-7-5-14-6-8-15/h3-4,14H,5-9H2,1-2H3. The Kier molecular flexibility index (Phi) is 4.06. The normalized spacial score (nSPS) is 18.9. The lowest BCUT2D eigenvalue weighted by molar-refractivity contribution is 0.201. The third-order valence-electron chi connectivity index (χ3n) is 3.07. The third-order valence-corrected chi connectivity index (χ3v) is 5.06. The van der Waals surface area contributed by atoms with Crippen LogP contribution in [0.3, 0.4) is 0 Å². The van der Waals surface area contributed by atoms with E-state index in [2.05, 4.69) is 52.1 Å². The molecular formula is C12H19BrN2S. The molecule has 1 aliphatic rings. The van der Waals surface area contributed by atoms with E-state index in [0.717, 1.165) is 19.6 Å². The van der Waals surface area contributed by atoms with Gasteiger partial charge in [0.15, 0.2) is 0 Å². The van der Waals surface area contributed by atoms with Gasteiger partial charge in [-0.3, -0.25) is 4.90 Å². The maximum Gasteiger partial charge on any atom is 0.0701 e. The van der Waals surface area contributed by atoms with Gasteiger partial charge in [-0.1, -0.05) is 13.8 Å². The molecular weight excluding hydrogens is 284 g/mol. The maximum atomic E-state index is 3.54. The average molecular weight is 303 g/mol. The molecule has 0 radical (unpaired) electrons. The van der Waals surface area contributed by atoms with E-state index in [1.54, 1.807) is 0 Å². The van der Waals surface area contributed by atoms with Crippen molar-refractivity contribution in [1.82, 2.24) is 10.2 Å². The summed E-state index contributed by atoms with van der Waals surface area (Å²) in [6.45, 7) is 10.4. The monoisotopic (exact) mass is 302 g/mol. The summed E-state index contributed by atoms with van der Waals surface area (Å²) >= 11 is 5.40. The van der Waals surface area contributed by atoms with E-state index in [9.17, 15) is 0 Å². The summed E-state index contributed by atoms with van der Waals surface area (Å²) in [7, 11) is 0. The Morgan fingerprint density at radius 1 is 1.38 bits per heavy atom. The number of hydrogen-bond donors (Lipinski definition) is 1. The molecule has 0 saturated carbocycles. The molecule has 1 aromatic heterocycles. The fourth-order valence-electron chi connectivity index (χ4n) is 2.18. The minimum Gasteiger partial charge on any atom is -0.314 e. The molecule has 0 aromatic carbocycles. The van der Waals surface area contributed by atoms with Crippen LogP contribution in [0.2, 0.25) is 0 Å². The summed E-state index contributed by atoms with van der Waals surface area (Å²) in [5.41, 5.74) is 0.258. The van der Waals surface area contributed by atoms with Crippen molar-refractivity contribution >= 4 is 27.3 Å². The molecule has 0 amide bonds. The van der Waals surface area contributed by atoms with E-state index in [4.69, 9.17) is 0 Å². The quantitative estimate of drug-likeness (QED) is 0.923. The molecule has 0 aliphatic carbocycles. The molecule has 0 bridgehead atoms. The molecule has 4 heteroatoms. The minimum atomic E-state index is 0.258. The number of nitrogens with zero attached hydrogens (tertiary/aromatic N) is 1. The highest BCUT2D eigenvalue weighted by atomic mass is 79.9. The van der Waals surface area contributed by atoms with Crippen molar-refractivity contribution in [3.63, 3.8) is 0 Å². The summed E-state index contributed by atoms with van der Waals surface area (Å²) < 4.78 is 1.23. The lowest BCUT2D eigenvalue weighted by atomic mass is 9.90. The van der Waals surface area contributed by atoms with Gasteiger partial charge in [0.1, 0.15) is 0 Å². The SMILES string of the molecule is CC(C)(CN1CCNCC1)c1ccc(Br)s1. The van der Waals surface area contributed by atoms with Crippen LogP contribution >= 0.6 is 27.3 Å². The van der Waals surface area contributed by atoms with E-state index in [0.29, 0.717) is 0 Å². The van der Waals surface area contributed by atoms with Crippen LogP contribution in [0.1, 0.15) is 18.7 Å². The Morgan fingerprint density at radius 2 is 2.06 bits per heavy atom. The number of nitrogens with one attached hydrogen (secondary N) is 1. The number of halogens is 1. The van der Waals surface area contributed by atoms with E-state index >= 15 is 0 Å². The topological polar surface area (TPSA) is 15.3 Å². The van der Waals surface area contributed by atoms with E-state index in [1.165, 1.54) is 21.8 Å². The first-order chi connectivity index (χ1) is 7.58. The van der Waals surface area contributed by atoms with E-state index < -0.39 is 0 Å². The number of thiophene rings is 1. The Morgan fingerprint density at radius 3 is 2.62 bits per heavy atom. The van der Waals surface area contributed by atoms with Crippen molar-refractivity contribution in [3.05, 3.63) is 20.8 Å². The molecule has 1 aliphatic heterocycles. The van der Waals surface area contributed by atoms with E-state index in [1.807, 2.05) is 11.3 Å². The lowest BCUT2D eigenvalue weighted by Crippen LogP contribution is -2.47. The largest absolute Gasteiger partial charge is 0.314 e. The molecule has 0 unspecified atom stereocenters. The predicted molar refractivity (Wildman–Crippen MR) is 74.4 cm³/mol. The van der Waals surface area contributed by atoms with Gasteiger partial charge in [0.05, 0.1) is 3.79 Å². The van der Waals surface area contributed by atoms with Crippen LogP contribution in [-0.4, -0.2) is 37.6 Å². The minimum absolute atomic E-state index is 0.258. The average Bonchev–Trinajstić information content (AvgIpc) is 2.66. The Bertz CT molecular complexity index is 343. The smallest absolute Gasteiger partial charge is 0.0701 e. The zero-order chi connectivity index (χ0) is 11.6. The predicted octanol–water partition coefficient (Wildman–Crippen LogP) is 2.69. The van der Waals surface area contributed by atoms with E-state index in [-0.39, 0.29) is 5.41 Å². The molecule has 0 spiro atoms. The van der Waals surface area contributed by atoms with Gasteiger partial charge in [-0.2, -0.15) is 0 Å². The fourth-order valence-corrected chi connectivity index (χ4v) is 3.66. The zero-order valence-electron chi connectivity index (χ0n) is 9.92. The molecule has 1 N–H and O–H groups in total. The molecule has 2 heterocycles. The highest BCUT2D eigenvalue weighted by molar-refractivity contribution is 9.11. The van der Waals surface area contributed by atoms with Crippen LogP contribution in [0.25, 0.3) is 0 Å². The van der Waals surface area contributed by atoms with Crippen molar-refractivity contribution in [2.45, 2.75) is 19.3 Å². The third kappa shape index (κ3) is 3.06. The molecule has 1 fully saturated rings. The van der Waals surface area contributed by atoms with Crippen LogP contribution in [0.15, 0.2) is 15.9 Å². The van der Waals surface area contributed by atoms with Crippen LogP contribution in [0.5, 0.6) is 0 Å². The van der Waals surface area contributed by atoms with Crippen molar-refractivity contribution in [2.75, 3.05) is 32.7 Å². The maximum absolute atomic E-state index is 3.54. The van der Waals surface area contributed by atoms with Gasteiger partial charge < -0.3 is 5.32 Å². The Balaban J connectivity index is 2.01. The summed E-state index contributed by atoms with van der Waals surface area (Å²) in [5, 5.41) is 3.40. The van der Waals surface area contributed by atoms with Gasteiger partial charge in [-0.15, -0.1) is 11.3 Å². The van der Waals surface area contributed by atoms with Crippen LogP contribution in [-0.2, 0) is 5.41 Å². The highest BCUT2D eigenvalue weighted by Gasteiger charge is 2.26. The first kappa shape index (κ1) is 12.6. The van der Waals surface area contributed by atoms with Gasteiger partial charge in [-0.05, 0) is 28.1 Å². The Labute approximate surface area is 110 Å². The lowest BCUT2D eigenvalue weighted by Gasteiger charge is -2.34. The highest BCUT2D eigenvalue weighted by Crippen LogP contribution is 2.33. The molecule has 2 rings (SSSR count). The van der Waals surface area contributed by atoms with Crippen molar-refractivity contribution < 1.29 is 0 Å². The van der Waals surface area contributed by atoms with Gasteiger partial charge >= 0.3 is 0 Å². The second-order valence-corrected chi connectivity index (χ2v) is 7.48. The molecule has 1 aromatic rings. The fraction of sp³-hybridized carbons (Fsp3) is 0.667. The Hall–Kier alpha value is 0.1000. The number of rotatable bonds is 3. The van der Waals surface area contributed by atoms with Crippen LogP contribution < -0.4 is 5.32 Å². The molecule has 0 atom stereocenters. The molecule has 90 valence electrons. The zero-order valence-corrected chi connectivity index (χ0v) is 12.3. The first-order valence-corrected chi connectivity index (χ1v) is 7.38. The van der Waals surface area contributed by atoms with Crippen molar-refractivity contribution in [1.29, 1.82) is 0 Å². The second-order valence-electron chi connectivity index (χ2n) is 5.01. The summed E-state index contributed by atoms with van der Waals surface area (Å²) in [4.78, 5) is 4.03. The summed E-state index contributed by atoms with van der Waals surface area (Å²) in [5.74, 6) is 0. The second kappa shape index (κ2) is 5.17. The van der Waals surface area contributed by atoms with Gasteiger partial charge in [-0.25, -0.2) is 0 Å². The molecule has 2 nitrogen and oxygen atoms in total. The van der Waals surface area contributed by atoms with Crippen molar-refractivity contribution in [2.24, 2.45) is 0 Å². The van der Waals surface area contributed by atoms with Gasteiger partial charge in [0.25, 0.3) is 0 Å². The van der Waals surface area contributed by atoms with Crippen LogP contribution in [0.4, 0.5) is 0 Å². The number of piperazine rings is 1. The first-order valence-electron chi connectivity index (χ1n) is 5.77.